The Hall–Kier alpha value is -3.34. The molecule has 0 aliphatic heterocycles. The zero-order valence-corrected chi connectivity index (χ0v) is 14.5. The molecule has 5 nitrogen and oxygen atoms in total. The summed E-state index contributed by atoms with van der Waals surface area (Å²) in [7, 11) is 0. The number of rotatable bonds is 3. The molecular formula is C21H17NO4. The van der Waals surface area contributed by atoms with E-state index in [4.69, 9.17) is 9.15 Å². The minimum absolute atomic E-state index is 0.389. The monoisotopic (exact) mass is 347 g/mol. The highest BCUT2D eigenvalue weighted by Gasteiger charge is 2.14. The fraction of sp³-hybridized carbons (Fsp3) is 0.143. The van der Waals surface area contributed by atoms with Gasteiger partial charge in [0.05, 0.1) is 0 Å². The van der Waals surface area contributed by atoms with Crippen molar-refractivity contribution in [3.8, 4) is 5.75 Å². The lowest BCUT2D eigenvalue weighted by Crippen LogP contribution is -2.06. The standard InChI is InChI=1S/C21H17NO4/c1-12-7-21(24)26-20-9-14(19(10-17(12)20)25-13(2)23)8-15-11-22-18-6-4-3-5-16(15)18/h3-7,9-11,22H,8H2,1-2H3. The summed E-state index contributed by atoms with van der Waals surface area (Å²) in [6.07, 6.45) is 2.49. The molecule has 0 atom stereocenters. The van der Waals surface area contributed by atoms with Gasteiger partial charge in [-0.3, -0.25) is 4.79 Å². The number of carbonyl (C=O) groups is 1. The molecule has 0 spiro atoms. The van der Waals surface area contributed by atoms with Crippen LogP contribution in [0.1, 0.15) is 23.6 Å². The number of fused-ring (bicyclic) bond motifs is 2. The van der Waals surface area contributed by atoms with Gasteiger partial charge in [0.25, 0.3) is 0 Å². The Labute approximate surface area is 149 Å². The fourth-order valence-corrected chi connectivity index (χ4v) is 3.26. The number of aromatic nitrogens is 1. The minimum Gasteiger partial charge on any atom is -0.426 e. The van der Waals surface area contributed by atoms with E-state index < -0.39 is 5.63 Å². The average molecular weight is 347 g/mol. The Morgan fingerprint density at radius 2 is 1.92 bits per heavy atom. The molecule has 0 bridgehead atoms. The van der Waals surface area contributed by atoms with Crippen LogP contribution in [0.4, 0.5) is 0 Å². The highest BCUT2D eigenvalue weighted by molar-refractivity contribution is 5.86. The number of hydrogen-bond acceptors (Lipinski definition) is 4. The van der Waals surface area contributed by atoms with Crippen LogP contribution >= 0.6 is 0 Å². The van der Waals surface area contributed by atoms with Gasteiger partial charge in [0.15, 0.2) is 0 Å². The molecule has 2 aromatic heterocycles. The van der Waals surface area contributed by atoms with Crippen molar-refractivity contribution in [2.24, 2.45) is 0 Å². The van der Waals surface area contributed by atoms with Crippen molar-refractivity contribution in [1.82, 2.24) is 4.98 Å². The quantitative estimate of drug-likeness (QED) is 0.344. The first-order valence-electron chi connectivity index (χ1n) is 8.32. The molecule has 0 aliphatic carbocycles. The van der Waals surface area contributed by atoms with Crippen molar-refractivity contribution in [3.05, 3.63) is 75.8 Å². The van der Waals surface area contributed by atoms with Gasteiger partial charge in [-0.2, -0.15) is 0 Å². The van der Waals surface area contributed by atoms with Crippen LogP contribution in [0.25, 0.3) is 21.9 Å². The van der Waals surface area contributed by atoms with E-state index in [9.17, 15) is 9.59 Å². The van der Waals surface area contributed by atoms with Crippen LogP contribution in [0.2, 0.25) is 0 Å². The van der Waals surface area contributed by atoms with E-state index in [2.05, 4.69) is 4.98 Å². The van der Waals surface area contributed by atoms with E-state index in [1.807, 2.05) is 37.4 Å². The molecule has 4 aromatic rings. The Kier molecular flexibility index (Phi) is 3.84. The predicted octanol–water partition coefficient (Wildman–Crippen LogP) is 4.10. The van der Waals surface area contributed by atoms with Crippen LogP contribution in [0.15, 0.2) is 57.9 Å². The molecule has 4 rings (SSSR count). The number of nitrogens with one attached hydrogen (secondary N) is 1. The number of carbonyl (C=O) groups excluding carboxylic acids is 1. The zero-order valence-electron chi connectivity index (χ0n) is 14.5. The van der Waals surface area contributed by atoms with Gasteiger partial charge in [0.2, 0.25) is 0 Å². The number of aromatic amines is 1. The largest absolute Gasteiger partial charge is 0.426 e. The maximum absolute atomic E-state index is 11.7. The molecule has 2 aromatic carbocycles. The third-order valence-electron chi connectivity index (χ3n) is 4.44. The van der Waals surface area contributed by atoms with E-state index >= 15 is 0 Å². The van der Waals surface area contributed by atoms with E-state index in [1.54, 1.807) is 12.1 Å². The topological polar surface area (TPSA) is 72.3 Å². The maximum atomic E-state index is 11.7. The molecule has 0 fully saturated rings. The van der Waals surface area contributed by atoms with Gasteiger partial charge in [0, 0.05) is 47.5 Å². The number of aryl methyl sites for hydroxylation is 1. The van der Waals surface area contributed by atoms with E-state index in [0.29, 0.717) is 17.8 Å². The van der Waals surface area contributed by atoms with Crippen molar-refractivity contribution in [1.29, 1.82) is 0 Å². The molecule has 2 heterocycles. The van der Waals surface area contributed by atoms with Crippen molar-refractivity contribution in [2.45, 2.75) is 20.3 Å². The minimum atomic E-state index is -0.395. The third-order valence-corrected chi connectivity index (χ3v) is 4.44. The van der Waals surface area contributed by atoms with E-state index in [1.165, 1.54) is 13.0 Å². The Morgan fingerprint density at radius 3 is 2.73 bits per heavy atom. The second kappa shape index (κ2) is 6.19. The van der Waals surface area contributed by atoms with Crippen molar-refractivity contribution in [3.63, 3.8) is 0 Å². The molecule has 0 unspecified atom stereocenters. The van der Waals surface area contributed by atoms with Gasteiger partial charge in [-0.05, 0) is 36.2 Å². The third kappa shape index (κ3) is 2.88. The highest BCUT2D eigenvalue weighted by atomic mass is 16.5. The summed E-state index contributed by atoms with van der Waals surface area (Å²) < 4.78 is 10.8. The molecule has 0 amide bonds. The summed E-state index contributed by atoms with van der Waals surface area (Å²) in [6, 6.07) is 13.0. The van der Waals surface area contributed by atoms with Crippen LogP contribution in [0, 0.1) is 6.92 Å². The number of hydrogen-bond donors (Lipinski definition) is 1. The second-order valence-corrected chi connectivity index (χ2v) is 6.33. The molecule has 0 saturated carbocycles. The lowest BCUT2D eigenvalue weighted by Gasteiger charge is -2.11. The number of esters is 1. The summed E-state index contributed by atoms with van der Waals surface area (Å²) in [5.41, 5.74) is 3.77. The van der Waals surface area contributed by atoms with Gasteiger partial charge in [0.1, 0.15) is 11.3 Å². The molecule has 0 radical (unpaired) electrons. The molecule has 0 saturated heterocycles. The lowest BCUT2D eigenvalue weighted by atomic mass is 10.0. The second-order valence-electron chi connectivity index (χ2n) is 6.33. The van der Waals surface area contributed by atoms with Gasteiger partial charge >= 0.3 is 11.6 Å². The molecule has 5 heteroatoms. The van der Waals surface area contributed by atoms with Gasteiger partial charge < -0.3 is 14.1 Å². The van der Waals surface area contributed by atoms with Crippen LogP contribution in [0.3, 0.4) is 0 Å². The Morgan fingerprint density at radius 1 is 1.12 bits per heavy atom. The number of benzene rings is 2. The summed E-state index contributed by atoms with van der Waals surface area (Å²) in [5, 5.41) is 1.86. The molecule has 130 valence electrons. The predicted molar refractivity (Wildman–Crippen MR) is 99.6 cm³/mol. The van der Waals surface area contributed by atoms with Crippen molar-refractivity contribution < 1.29 is 13.9 Å². The summed E-state index contributed by atoms with van der Waals surface area (Å²) in [6.45, 7) is 3.20. The highest BCUT2D eigenvalue weighted by Crippen LogP contribution is 2.31. The van der Waals surface area contributed by atoms with Crippen molar-refractivity contribution in [2.75, 3.05) is 0 Å². The molecular weight excluding hydrogens is 330 g/mol. The first-order valence-corrected chi connectivity index (χ1v) is 8.32. The summed E-state index contributed by atoms with van der Waals surface area (Å²) in [5.74, 6) is 0.0896. The van der Waals surface area contributed by atoms with E-state index in [0.717, 1.165) is 33.0 Å². The summed E-state index contributed by atoms with van der Waals surface area (Å²) in [4.78, 5) is 26.5. The van der Waals surface area contributed by atoms with Crippen LogP contribution in [0.5, 0.6) is 5.75 Å². The van der Waals surface area contributed by atoms with E-state index in [-0.39, 0.29) is 5.97 Å². The van der Waals surface area contributed by atoms with Crippen LogP contribution in [-0.2, 0) is 11.2 Å². The van der Waals surface area contributed by atoms with Crippen LogP contribution < -0.4 is 10.4 Å². The fourth-order valence-electron chi connectivity index (χ4n) is 3.26. The van der Waals surface area contributed by atoms with Gasteiger partial charge in [-0.25, -0.2) is 4.79 Å². The summed E-state index contributed by atoms with van der Waals surface area (Å²) >= 11 is 0. The lowest BCUT2D eigenvalue weighted by molar-refractivity contribution is -0.131. The molecule has 26 heavy (non-hydrogen) atoms. The Balaban J connectivity index is 1.89. The smallest absolute Gasteiger partial charge is 0.336 e. The average Bonchev–Trinajstić information content (AvgIpc) is 2.99. The number of para-hydroxylation sites is 1. The first kappa shape index (κ1) is 16.1. The van der Waals surface area contributed by atoms with Gasteiger partial charge in [-0.15, -0.1) is 0 Å². The maximum Gasteiger partial charge on any atom is 0.336 e. The van der Waals surface area contributed by atoms with Crippen LogP contribution in [-0.4, -0.2) is 11.0 Å². The number of H-pyrrole nitrogens is 1. The SMILES string of the molecule is CC(=O)Oc1cc2c(C)cc(=O)oc2cc1Cc1c[nH]c2ccccc12. The Bertz CT molecular complexity index is 1200. The molecule has 1 N–H and O–H groups in total. The molecule has 0 aliphatic rings. The zero-order chi connectivity index (χ0) is 18.3. The normalized spacial score (nSPS) is 11.2. The first-order chi connectivity index (χ1) is 12.5. The van der Waals surface area contributed by atoms with Crippen molar-refractivity contribution >= 4 is 27.8 Å². The van der Waals surface area contributed by atoms with Gasteiger partial charge in [-0.1, -0.05) is 18.2 Å². The number of ether oxygens (including phenoxy) is 1.